The fourth-order valence-electron chi connectivity index (χ4n) is 1.47. The van der Waals surface area contributed by atoms with E-state index in [0.717, 1.165) is 11.4 Å². The molecule has 0 aliphatic rings. The Balaban J connectivity index is 2.06. The summed E-state index contributed by atoms with van der Waals surface area (Å²) in [6, 6.07) is 7.33. The van der Waals surface area contributed by atoms with E-state index in [1.54, 1.807) is 18.5 Å². The maximum Gasteiger partial charge on any atom is 0.213 e. The van der Waals surface area contributed by atoms with Crippen molar-refractivity contribution in [3.8, 4) is 5.88 Å². The van der Waals surface area contributed by atoms with Crippen molar-refractivity contribution in [1.29, 1.82) is 0 Å². The number of nitrogens with zero attached hydrogens (tertiary/aromatic N) is 2. The second-order valence-corrected chi connectivity index (χ2v) is 4.18. The van der Waals surface area contributed by atoms with E-state index in [-0.39, 0.29) is 4.99 Å². The molecule has 6 heteroatoms. The third kappa shape index (κ3) is 3.62. The highest BCUT2D eigenvalue weighted by molar-refractivity contribution is 7.80. The van der Waals surface area contributed by atoms with Crippen molar-refractivity contribution < 1.29 is 4.74 Å². The summed E-state index contributed by atoms with van der Waals surface area (Å²) in [7, 11) is 0. The smallest absolute Gasteiger partial charge is 0.213 e. The Labute approximate surface area is 116 Å². The van der Waals surface area contributed by atoms with Gasteiger partial charge in [-0.15, -0.1) is 0 Å². The number of anilines is 2. The Morgan fingerprint density at radius 1 is 1.21 bits per heavy atom. The zero-order valence-electron chi connectivity index (χ0n) is 10.5. The quantitative estimate of drug-likeness (QED) is 0.815. The van der Waals surface area contributed by atoms with Crippen molar-refractivity contribution in [3.63, 3.8) is 0 Å². The van der Waals surface area contributed by atoms with Crippen LogP contribution in [0.1, 0.15) is 12.6 Å². The third-order valence-corrected chi connectivity index (χ3v) is 2.54. The first-order valence-corrected chi connectivity index (χ1v) is 6.21. The van der Waals surface area contributed by atoms with Gasteiger partial charge in [-0.05, 0) is 25.1 Å². The van der Waals surface area contributed by atoms with Gasteiger partial charge in [-0.1, -0.05) is 12.2 Å². The van der Waals surface area contributed by atoms with E-state index >= 15 is 0 Å². The van der Waals surface area contributed by atoms with Crippen LogP contribution in [-0.2, 0) is 0 Å². The van der Waals surface area contributed by atoms with Crippen LogP contribution in [0.25, 0.3) is 0 Å². The summed E-state index contributed by atoms with van der Waals surface area (Å²) < 4.78 is 5.27. The molecule has 0 aromatic carbocycles. The largest absolute Gasteiger partial charge is 0.478 e. The molecular formula is C13H14N4OS. The van der Waals surface area contributed by atoms with Gasteiger partial charge in [0, 0.05) is 6.07 Å². The lowest BCUT2D eigenvalue weighted by molar-refractivity contribution is 0.327. The van der Waals surface area contributed by atoms with Gasteiger partial charge < -0.3 is 15.8 Å². The molecule has 0 saturated heterocycles. The summed E-state index contributed by atoms with van der Waals surface area (Å²) in [5.74, 6) is 0.606. The molecule has 0 unspecified atom stereocenters. The molecule has 0 saturated carbocycles. The minimum Gasteiger partial charge on any atom is -0.478 e. The van der Waals surface area contributed by atoms with Gasteiger partial charge in [-0.25, -0.2) is 4.98 Å². The molecule has 0 atom stereocenters. The lowest BCUT2D eigenvalue weighted by atomic mass is 10.3. The maximum absolute atomic E-state index is 5.49. The summed E-state index contributed by atoms with van der Waals surface area (Å²) in [4.78, 5) is 8.60. The molecule has 2 rings (SSSR count). The molecule has 3 N–H and O–H groups in total. The lowest BCUT2D eigenvalue weighted by Gasteiger charge is -2.07. The molecule has 2 heterocycles. The van der Waals surface area contributed by atoms with Crippen LogP contribution in [0.4, 0.5) is 11.4 Å². The van der Waals surface area contributed by atoms with E-state index in [0.29, 0.717) is 18.2 Å². The Morgan fingerprint density at radius 3 is 2.37 bits per heavy atom. The summed E-state index contributed by atoms with van der Waals surface area (Å²) in [6.45, 7) is 2.52. The number of ether oxygens (including phenoxy) is 1. The Kier molecular flexibility index (Phi) is 4.25. The van der Waals surface area contributed by atoms with E-state index < -0.39 is 0 Å². The van der Waals surface area contributed by atoms with Gasteiger partial charge in [-0.3, -0.25) is 4.98 Å². The fourth-order valence-corrected chi connectivity index (χ4v) is 1.59. The molecular weight excluding hydrogens is 260 g/mol. The van der Waals surface area contributed by atoms with Crippen LogP contribution >= 0.6 is 12.2 Å². The first kappa shape index (κ1) is 13.2. The minimum atomic E-state index is 0.286. The zero-order valence-corrected chi connectivity index (χ0v) is 11.3. The number of nitrogens with two attached hydrogens (primary N) is 1. The van der Waals surface area contributed by atoms with Crippen molar-refractivity contribution in [2.45, 2.75) is 6.92 Å². The summed E-state index contributed by atoms with van der Waals surface area (Å²) >= 11 is 4.85. The number of thiocarbonyl (C=S) groups is 1. The first-order valence-electron chi connectivity index (χ1n) is 5.81. The number of rotatable bonds is 5. The predicted molar refractivity (Wildman–Crippen MR) is 78.8 cm³/mol. The number of pyridine rings is 2. The molecule has 0 fully saturated rings. The molecule has 0 spiro atoms. The molecule has 0 amide bonds. The van der Waals surface area contributed by atoms with Gasteiger partial charge in [0.1, 0.15) is 4.99 Å². The van der Waals surface area contributed by atoms with Gasteiger partial charge in [0.15, 0.2) is 0 Å². The average Bonchev–Trinajstić information content (AvgIpc) is 2.42. The van der Waals surface area contributed by atoms with E-state index in [1.807, 2.05) is 25.1 Å². The summed E-state index contributed by atoms with van der Waals surface area (Å²) in [5, 5.41) is 3.17. The second kappa shape index (κ2) is 6.10. The lowest BCUT2D eigenvalue weighted by Crippen LogP contribution is -2.11. The van der Waals surface area contributed by atoms with E-state index in [9.17, 15) is 0 Å². The Morgan fingerprint density at radius 2 is 1.89 bits per heavy atom. The molecule has 19 heavy (non-hydrogen) atoms. The van der Waals surface area contributed by atoms with Gasteiger partial charge in [-0.2, -0.15) is 0 Å². The van der Waals surface area contributed by atoms with Gasteiger partial charge in [0.2, 0.25) is 5.88 Å². The highest BCUT2D eigenvalue weighted by Gasteiger charge is 2.00. The molecule has 0 aliphatic heterocycles. The molecule has 2 aromatic rings. The van der Waals surface area contributed by atoms with Crippen LogP contribution in [0, 0.1) is 0 Å². The molecule has 0 aliphatic carbocycles. The van der Waals surface area contributed by atoms with E-state index in [2.05, 4.69) is 15.3 Å². The highest BCUT2D eigenvalue weighted by atomic mass is 32.1. The third-order valence-electron chi connectivity index (χ3n) is 2.33. The topological polar surface area (TPSA) is 73.1 Å². The van der Waals surface area contributed by atoms with E-state index in [4.69, 9.17) is 22.7 Å². The van der Waals surface area contributed by atoms with Crippen LogP contribution in [0.2, 0.25) is 0 Å². The molecule has 0 bridgehead atoms. The van der Waals surface area contributed by atoms with Crippen molar-refractivity contribution in [1.82, 2.24) is 9.97 Å². The predicted octanol–water partition coefficient (Wildman–Crippen LogP) is 2.25. The van der Waals surface area contributed by atoms with Crippen molar-refractivity contribution >= 4 is 28.6 Å². The van der Waals surface area contributed by atoms with Gasteiger partial charge >= 0.3 is 0 Å². The van der Waals surface area contributed by atoms with Crippen LogP contribution < -0.4 is 15.8 Å². The maximum atomic E-state index is 5.49. The summed E-state index contributed by atoms with van der Waals surface area (Å²) in [5.41, 5.74) is 7.78. The van der Waals surface area contributed by atoms with Gasteiger partial charge in [0.25, 0.3) is 0 Å². The fraction of sp³-hybridized carbons (Fsp3) is 0.154. The SMILES string of the molecule is CCOc1ccc(Nc2ccc(C(N)=S)nc2)cn1. The van der Waals surface area contributed by atoms with Crippen molar-refractivity contribution in [2.75, 3.05) is 11.9 Å². The molecule has 98 valence electrons. The standard InChI is InChI=1S/C13H14N4OS/c1-2-18-12-6-4-10(8-16-12)17-9-3-5-11(13(14)19)15-7-9/h3-8,17H,2H2,1H3,(H2,14,19). The van der Waals surface area contributed by atoms with Crippen molar-refractivity contribution in [3.05, 3.63) is 42.4 Å². The Bertz CT molecular complexity index is 554. The summed E-state index contributed by atoms with van der Waals surface area (Å²) in [6.07, 6.45) is 3.37. The van der Waals surface area contributed by atoms with Crippen molar-refractivity contribution in [2.24, 2.45) is 5.73 Å². The van der Waals surface area contributed by atoms with Gasteiger partial charge in [0.05, 0.1) is 36.1 Å². The number of hydrogen-bond donors (Lipinski definition) is 2. The number of nitrogens with one attached hydrogen (secondary N) is 1. The number of aromatic nitrogens is 2. The minimum absolute atomic E-state index is 0.286. The zero-order chi connectivity index (χ0) is 13.7. The Hall–Kier alpha value is -2.21. The van der Waals surface area contributed by atoms with Crippen LogP contribution in [-0.4, -0.2) is 21.6 Å². The first-order chi connectivity index (χ1) is 9.19. The molecule has 5 nitrogen and oxygen atoms in total. The van der Waals surface area contributed by atoms with E-state index in [1.165, 1.54) is 0 Å². The van der Waals surface area contributed by atoms with Crippen LogP contribution in [0.3, 0.4) is 0 Å². The monoisotopic (exact) mass is 274 g/mol. The highest BCUT2D eigenvalue weighted by Crippen LogP contribution is 2.17. The second-order valence-electron chi connectivity index (χ2n) is 3.74. The number of hydrogen-bond acceptors (Lipinski definition) is 5. The average molecular weight is 274 g/mol. The molecule has 2 aromatic heterocycles. The normalized spacial score (nSPS) is 9.95. The molecule has 0 radical (unpaired) electrons. The van der Waals surface area contributed by atoms with Crippen LogP contribution in [0.5, 0.6) is 5.88 Å². The van der Waals surface area contributed by atoms with Crippen LogP contribution in [0.15, 0.2) is 36.7 Å².